The van der Waals surface area contributed by atoms with Gasteiger partial charge in [0, 0.05) is 23.5 Å². The number of nitrogens with one attached hydrogen (secondary N) is 2. The number of aryl methyl sites for hydroxylation is 3. The Bertz CT molecular complexity index is 645. The predicted molar refractivity (Wildman–Crippen MR) is 98.2 cm³/mol. The molecule has 3 rings (SSSR count). The Morgan fingerprint density at radius 1 is 0.870 bits per heavy atom. The van der Waals surface area contributed by atoms with Gasteiger partial charge >= 0.3 is 0 Å². The first-order valence-corrected chi connectivity index (χ1v) is 8.65. The molecule has 0 unspecified atom stereocenters. The third-order valence-corrected chi connectivity index (χ3v) is 4.56. The molecule has 122 valence electrons. The molecule has 2 atom stereocenters. The first-order chi connectivity index (χ1) is 11.1. The molecule has 1 aromatic carbocycles. The van der Waals surface area contributed by atoms with Crippen molar-refractivity contribution in [2.75, 3.05) is 10.6 Å². The van der Waals surface area contributed by atoms with Crippen molar-refractivity contribution < 1.29 is 0 Å². The fraction of sp³-hybridized carbons (Fsp3) is 0.450. The second kappa shape index (κ2) is 7.03. The zero-order chi connectivity index (χ0) is 16.2. The molecule has 2 aromatic rings. The van der Waals surface area contributed by atoms with Gasteiger partial charge in [-0.3, -0.25) is 0 Å². The van der Waals surface area contributed by atoms with Crippen molar-refractivity contribution in [2.45, 2.75) is 58.5 Å². The Morgan fingerprint density at radius 2 is 1.52 bits per heavy atom. The monoisotopic (exact) mass is 309 g/mol. The van der Waals surface area contributed by atoms with Crippen LogP contribution in [0.2, 0.25) is 0 Å². The molecule has 1 aliphatic rings. The average Bonchev–Trinajstić information content (AvgIpc) is 2.48. The van der Waals surface area contributed by atoms with E-state index in [1.54, 1.807) is 0 Å². The van der Waals surface area contributed by atoms with E-state index >= 15 is 0 Å². The summed E-state index contributed by atoms with van der Waals surface area (Å²) in [5, 5.41) is 7.40. The van der Waals surface area contributed by atoms with E-state index in [0.29, 0.717) is 12.1 Å². The minimum atomic E-state index is 0.430. The maximum Gasteiger partial charge on any atom is 0.126 e. The molecule has 0 saturated heterocycles. The van der Waals surface area contributed by atoms with Gasteiger partial charge in [-0.2, -0.15) is 0 Å². The summed E-state index contributed by atoms with van der Waals surface area (Å²) in [6, 6.07) is 13.8. The Balaban J connectivity index is 1.73. The van der Waals surface area contributed by atoms with Crippen molar-refractivity contribution in [3.05, 3.63) is 53.2 Å². The minimum absolute atomic E-state index is 0.430. The third-order valence-electron chi connectivity index (χ3n) is 4.56. The zero-order valence-electron chi connectivity index (χ0n) is 14.4. The van der Waals surface area contributed by atoms with E-state index in [0.717, 1.165) is 11.5 Å². The highest BCUT2D eigenvalue weighted by Gasteiger charge is 2.25. The molecule has 0 amide bonds. The van der Waals surface area contributed by atoms with Crippen molar-refractivity contribution in [3.8, 4) is 0 Å². The highest BCUT2D eigenvalue weighted by molar-refractivity contribution is 5.50. The van der Waals surface area contributed by atoms with Crippen molar-refractivity contribution >= 4 is 11.5 Å². The summed E-state index contributed by atoms with van der Waals surface area (Å²) in [5.41, 5.74) is 4.92. The van der Waals surface area contributed by atoms with Gasteiger partial charge in [0.25, 0.3) is 0 Å². The van der Waals surface area contributed by atoms with E-state index < -0.39 is 0 Å². The molecule has 0 aliphatic heterocycles. The molecule has 3 nitrogen and oxygen atoms in total. The summed E-state index contributed by atoms with van der Waals surface area (Å²) >= 11 is 0. The molecule has 1 aromatic heterocycles. The highest BCUT2D eigenvalue weighted by atomic mass is 15.1. The van der Waals surface area contributed by atoms with Gasteiger partial charge < -0.3 is 10.6 Å². The van der Waals surface area contributed by atoms with Gasteiger partial charge in [-0.1, -0.05) is 25.0 Å². The lowest BCUT2D eigenvalue weighted by atomic mass is 9.90. The first-order valence-electron chi connectivity index (χ1n) is 8.65. The second-order valence-corrected chi connectivity index (χ2v) is 6.83. The smallest absolute Gasteiger partial charge is 0.126 e. The van der Waals surface area contributed by atoms with Crippen LogP contribution in [0.3, 0.4) is 0 Å². The molecule has 23 heavy (non-hydrogen) atoms. The number of anilines is 2. The van der Waals surface area contributed by atoms with Gasteiger partial charge in [-0.25, -0.2) is 4.98 Å². The predicted octanol–water partition coefficient (Wildman–Crippen LogP) is 4.84. The van der Waals surface area contributed by atoms with Crippen LogP contribution in [0.4, 0.5) is 11.5 Å². The third kappa shape index (κ3) is 4.25. The Kier molecular flexibility index (Phi) is 4.85. The maximum absolute atomic E-state index is 4.60. The number of hydrogen-bond acceptors (Lipinski definition) is 3. The van der Waals surface area contributed by atoms with Crippen LogP contribution in [0, 0.1) is 20.8 Å². The van der Waals surface area contributed by atoms with E-state index in [2.05, 4.69) is 59.8 Å². The van der Waals surface area contributed by atoms with Gasteiger partial charge in [0.2, 0.25) is 0 Å². The Hall–Kier alpha value is -2.03. The van der Waals surface area contributed by atoms with Crippen molar-refractivity contribution in [1.29, 1.82) is 0 Å². The molecule has 3 heteroatoms. The number of nitrogens with zero attached hydrogens (tertiary/aromatic N) is 1. The van der Waals surface area contributed by atoms with Crippen LogP contribution in [0.15, 0.2) is 36.4 Å². The SMILES string of the molecule is Cc1cc(C)cc(N[C@@H]2CCCC[C@H]2Nc2cccc(C)n2)c1. The normalized spacial score (nSPS) is 21.0. The van der Waals surface area contributed by atoms with Crippen LogP contribution >= 0.6 is 0 Å². The van der Waals surface area contributed by atoms with E-state index in [1.807, 2.05) is 13.0 Å². The molecule has 0 spiro atoms. The van der Waals surface area contributed by atoms with Crippen molar-refractivity contribution in [2.24, 2.45) is 0 Å². The average molecular weight is 309 g/mol. The molecule has 0 bridgehead atoms. The summed E-state index contributed by atoms with van der Waals surface area (Å²) in [7, 11) is 0. The standard InChI is InChI=1S/C20H27N3/c1-14-11-15(2)13-17(12-14)22-18-8-4-5-9-19(18)23-20-10-6-7-16(3)21-20/h6-7,10-13,18-19,22H,4-5,8-9H2,1-3H3,(H,21,23)/t18-,19-/m1/s1. The molecule has 1 saturated carbocycles. The van der Waals surface area contributed by atoms with Crippen LogP contribution < -0.4 is 10.6 Å². The highest BCUT2D eigenvalue weighted by Crippen LogP contribution is 2.25. The van der Waals surface area contributed by atoms with Gasteiger partial charge in [0.05, 0.1) is 0 Å². The Morgan fingerprint density at radius 3 is 2.17 bits per heavy atom. The summed E-state index contributed by atoms with van der Waals surface area (Å²) in [4.78, 5) is 4.60. The van der Waals surface area contributed by atoms with Crippen LogP contribution in [-0.4, -0.2) is 17.1 Å². The Labute approximate surface area is 139 Å². The molecule has 1 aliphatic carbocycles. The van der Waals surface area contributed by atoms with Crippen LogP contribution in [0.1, 0.15) is 42.5 Å². The van der Waals surface area contributed by atoms with Crippen LogP contribution in [0.5, 0.6) is 0 Å². The molecular formula is C20H27N3. The largest absolute Gasteiger partial charge is 0.380 e. The fourth-order valence-corrected chi connectivity index (χ4v) is 3.56. The number of hydrogen-bond donors (Lipinski definition) is 2. The van der Waals surface area contributed by atoms with Crippen LogP contribution in [0.25, 0.3) is 0 Å². The minimum Gasteiger partial charge on any atom is -0.380 e. The summed E-state index contributed by atoms with van der Waals surface area (Å²) in [5.74, 6) is 0.990. The van der Waals surface area contributed by atoms with Gasteiger partial charge in [-0.15, -0.1) is 0 Å². The number of rotatable bonds is 4. The van der Waals surface area contributed by atoms with E-state index in [9.17, 15) is 0 Å². The van der Waals surface area contributed by atoms with Crippen LogP contribution in [-0.2, 0) is 0 Å². The molecule has 1 heterocycles. The lowest BCUT2D eigenvalue weighted by Crippen LogP contribution is -2.42. The van der Waals surface area contributed by atoms with E-state index in [1.165, 1.54) is 42.5 Å². The van der Waals surface area contributed by atoms with E-state index in [4.69, 9.17) is 0 Å². The first kappa shape index (κ1) is 15.9. The number of benzene rings is 1. The van der Waals surface area contributed by atoms with Crippen molar-refractivity contribution in [3.63, 3.8) is 0 Å². The maximum atomic E-state index is 4.60. The lowest BCUT2D eigenvalue weighted by Gasteiger charge is -2.34. The topological polar surface area (TPSA) is 37.0 Å². The quantitative estimate of drug-likeness (QED) is 0.848. The molecule has 0 radical (unpaired) electrons. The summed E-state index contributed by atoms with van der Waals surface area (Å²) < 4.78 is 0. The second-order valence-electron chi connectivity index (χ2n) is 6.83. The zero-order valence-corrected chi connectivity index (χ0v) is 14.4. The summed E-state index contributed by atoms with van der Waals surface area (Å²) in [6.07, 6.45) is 4.98. The van der Waals surface area contributed by atoms with Crippen molar-refractivity contribution in [1.82, 2.24) is 4.98 Å². The summed E-state index contributed by atoms with van der Waals surface area (Å²) in [6.45, 7) is 6.36. The number of aromatic nitrogens is 1. The molecule has 1 fully saturated rings. The fourth-order valence-electron chi connectivity index (χ4n) is 3.56. The number of pyridine rings is 1. The van der Waals surface area contributed by atoms with Gasteiger partial charge in [0.15, 0.2) is 0 Å². The molecular weight excluding hydrogens is 282 g/mol. The van der Waals surface area contributed by atoms with E-state index in [-0.39, 0.29) is 0 Å². The molecule has 2 N–H and O–H groups in total. The lowest BCUT2D eigenvalue weighted by molar-refractivity contribution is 0.423. The van der Waals surface area contributed by atoms with Gasteiger partial charge in [-0.05, 0) is 69.0 Å². The van der Waals surface area contributed by atoms with Gasteiger partial charge in [0.1, 0.15) is 5.82 Å².